The van der Waals surface area contributed by atoms with Crippen LogP contribution in [0.15, 0.2) is 12.2 Å². The fraction of sp³-hybridized carbons (Fsp3) is 0.824. The second-order valence-electron chi connectivity index (χ2n) is 8.08. The summed E-state index contributed by atoms with van der Waals surface area (Å²) in [5.41, 5.74) is -0.841. The predicted octanol–water partition coefficient (Wildman–Crippen LogP) is 2.14. The molecule has 3 N–H and O–H groups in total. The third kappa shape index (κ3) is 8.34. The Hall–Kier alpha value is -1.11. The smallest absolute Gasteiger partial charge is 0.408 e. The highest BCUT2D eigenvalue weighted by Gasteiger charge is 2.31. The molecule has 4 unspecified atom stereocenters. The summed E-state index contributed by atoms with van der Waals surface area (Å²) in [6.07, 6.45) is 0.443. The second-order valence-corrected chi connectivity index (χ2v) is 8.08. The molecule has 4 atom stereocenters. The van der Waals surface area contributed by atoms with E-state index in [0.717, 1.165) is 0 Å². The van der Waals surface area contributed by atoms with Crippen LogP contribution in [0.3, 0.4) is 0 Å². The summed E-state index contributed by atoms with van der Waals surface area (Å²) in [6.45, 7) is 11.2. The van der Waals surface area contributed by atoms with Gasteiger partial charge in [0.15, 0.2) is 0 Å². The van der Waals surface area contributed by atoms with Crippen molar-refractivity contribution in [2.45, 2.75) is 89.9 Å². The molecule has 0 heterocycles. The van der Waals surface area contributed by atoms with Gasteiger partial charge >= 0.3 is 6.09 Å². The van der Waals surface area contributed by atoms with Gasteiger partial charge in [-0.05, 0) is 47.6 Å². The Balaban J connectivity index is 2.74. The van der Waals surface area contributed by atoms with Crippen molar-refractivity contribution in [3.63, 3.8) is 0 Å². The summed E-state index contributed by atoms with van der Waals surface area (Å²) in [6, 6.07) is 0. The maximum absolute atomic E-state index is 11.9. The molecule has 0 radical (unpaired) electrons. The van der Waals surface area contributed by atoms with Gasteiger partial charge in [0, 0.05) is 18.4 Å². The number of ether oxygens (including phenoxy) is 2. The molecule has 1 aliphatic carbocycles. The molecule has 0 bridgehead atoms. The zero-order valence-electron chi connectivity index (χ0n) is 15.0. The highest BCUT2D eigenvalue weighted by atomic mass is 16.6. The molecule has 0 aromatic carbocycles. The van der Waals surface area contributed by atoms with Gasteiger partial charge in [-0.3, -0.25) is 0 Å². The number of rotatable bonds is 2. The molecule has 0 spiro atoms. The quantitative estimate of drug-likeness (QED) is 0.676. The van der Waals surface area contributed by atoms with Gasteiger partial charge in [-0.15, -0.1) is 0 Å². The Labute approximate surface area is 138 Å². The van der Waals surface area contributed by atoms with Gasteiger partial charge in [0.05, 0.1) is 23.9 Å². The van der Waals surface area contributed by atoms with Crippen molar-refractivity contribution in [1.82, 2.24) is 5.32 Å². The van der Waals surface area contributed by atoms with E-state index in [1.165, 1.54) is 0 Å². The number of amides is 1. The maximum Gasteiger partial charge on any atom is 0.408 e. The van der Waals surface area contributed by atoms with Crippen molar-refractivity contribution in [2.75, 3.05) is 0 Å². The normalized spacial score (nSPS) is 31.0. The van der Waals surface area contributed by atoms with Crippen LogP contribution in [0, 0.1) is 0 Å². The lowest BCUT2D eigenvalue weighted by Crippen LogP contribution is -2.44. The maximum atomic E-state index is 11.9. The highest BCUT2D eigenvalue weighted by molar-refractivity contribution is 5.68. The summed E-state index contributed by atoms with van der Waals surface area (Å²) in [4.78, 5) is 11.9. The van der Waals surface area contributed by atoms with Crippen molar-refractivity contribution >= 4 is 6.09 Å². The van der Waals surface area contributed by atoms with Gasteiger partial charge in [-0.1, -0.05) is 6.08 Å². The SMILES string of the molecule is CC(C)(C)NC(=O)OC1/C=C/C(O)CC(OC(C)(C)C)C(O)C1. The van der Waals surface area contributed by atoms with E-state index in [-0.39, 0.29) is 6.42 Å². The van der Waals surface area contributed by atoms with E-state index in [1.807, 2.05) is 41.5 Å². The Morgan fingerprint density at radius 2 is 1.70 bits per heavy atom. The number of hydrogen-bond donors (Lipinski definition) is 3. The van der Waals surface area contributed by atoms with Crippen molar-refractivity contribution in [3.8, 4) is 0 Å². The molecule has 6 heteroatoms. The van der Waals surface area contributed by atoms with Gasteiger partial charge in [-0.2, -0.15) is 0 Å². The van der Waals surface area contributed by atoms with Gasteiger partial charge in [0.2, 0.25) is 0 Å². The minimum absolute atomic E-state index is 0.224. The summed E-state index contributed by atoms with van der Waals surface area (Å²) in [5.74, 6) is 0. The Kier molecular flexibility index (Phi) is 6.62. The lowest BCUT2D eigenvalue weighted by molar-refractivity contribution is -0.129. The number of hydrogen-bond acceptors (Lipinski definition) is 5. The average molecular weight is 329 g/mol. The molecule has 1 aliphatic rings. The van der Waals surface area contributed by atoms with Crippen LogP contribution in [-0.4, -0.2) is 51.9 Å². The van der Waals surface area contributed by atoms with Crippen LogP contribution in [-0.2, 0) is 9.47 Å². The first-order chi connectivity index (χ1) is 10.4. The molecule has 0 aromatic heterocycles. The number of aliphatic hydroxyl groups is 2. The molecule has 23 heavy (non-hydrogen) atoms. The third-order valence-electron chi connectivity index (χ3n) is 3.17. The van der Waals surface area contributed by atoms with Crippen LogP contribution in [0.2, 0.25) is 0 Å². The number of aliphatic hydroxyl groups excluding tert-OH is 2. The van der Waals surface area contributed by atoms with E-state index in [4.69, 9.17) is 9.47 Å². The van der Waals surface area contributed by atoms with Gasteiger partial charge in [0.25, 0.3) is 0 Å². The van der Waals surface area contributed by atoms with E-state index in [2.05, 4.69) is 5.32 Å². The molecule has 0 aromatic rings. The number of carbonyl (C=O) groups is 1. The van der Waals surface area contributed by atoms with E-state index in [0.29, 0.717) is 6.42 Å². The summed E-state index contributed by atoms with van der Waals surface area (Å²) in [7, 11) is 0. The Bertz CT molecular complexity index is 422. The zero-order chi connectivity index (χ0) is 17.8. The van der Waals surface area contributed by atoms with Gasteiger partial charge in [0.1, 0.15) is 6.10 Å². The number of carbonyl (C=O) groups excluding carboxylic acids is 1. The van der Waals surface area contributed by atoms with Crippen LogP contribution in [0.25, 0.3) is 0 Å². The van der Waals surface area contributed by atoms with Crippen molar-refractivity contribution in [3.05, 3.63) is 12.2 Å². The first-order valence-electron chi connectivity index (χ1n) is 8.07. The average Bonchev–Trinajstić information content (AvgIpc) is 2.29. The van der Waals surface area contributed by atoms with Crippen LogP contribution in [0.5, 0.6) is 0 Å². The van der Waals surface area contributed by atoms with Crippen LogP contribution in [0.1, 0.15) is 54.4 Å². The van der Waals surface area contributed by atoms with E-state index in [1.54, 1.807) is 12.2 Å². The molecule has 0 saturated carbocycles. The highest BCUT2D eigenvalue weighted by Crippen LogP contribution is 2.23. The molecule has 0 fully saturated rings. The second kappa shape index (κ2) is 7.64. The molecule has 1 amide bonds. The third-order valence-corrected chi connectivity index (χ3v) is 3.17. The molecule has 6 nitrogen and oxygen atoms in total. The van der Waals surface area contributed by atoms with E-state index >= 15 is 0 Å². The summed E-state index contributed by atoms with van der Waals surface area (Å²) in [5, 5.41) is 23.1. The molecular weight excluding hydrogens is 298 g/mol. The van der Waals surface area contributed by atoms with Gasteiger partial charge < -0.3 is 25.0 Å². The largest absolute Gasteiger partial charge is 0.442 e. The van der Waals surface area contributed by atoms with Crippen LogP contribution >= 0.6 is 0 Å². The summed E-state index contributed by atoms with van der Waals surface area (Å²) >= 11 is 0. The topological polar surface area (TPSA) is 88.0 Å². The van der Waals surface area contributed by atoms with Crippen molar-refractivity contribution < 1.29 is 24.5 Å². The minimum atomic E-state index is -0.832. The van der Waals surface area contributed by atoms with Gasteiger partial charge in [-0.25, -0.2) is 4.79 Å². The first kappa shape index (κ1) is 19.9. The van der Waals surface area contributed by atoms with Crippen LogP contribution < -0.4 is 5.32 Å². The monoisotopic (exact) mass is 329 g/mol. The number of nitrogens with one attached hydrogen (secondary N) is 1. The first-order valence-corrected chi connectivity index (χ1v) is 8.07. The standard InChI is InChI=1S/C17H31NO5/c1-16(2,3)18-15(21)22-12-8-7-11(19)9-14(13(20)10-12)23-17(4,5)6/h7-8,11-14,19-20H,9-10H2,1-6H3,(H,18,21)/b8-7+. The Morgan fingerprint density at radius 3 is 2.22 bits per heavy atom. The van der Waals surface area contributed by atoms with Crippen molar-refractivity contribution in [1.29, 1.82) is 0 Å². The Morgan fingerprint density at radius 1 is 1.09 bits per heavy atom. The number of alkyl carbamates (subject to hydrolysis) is 1. The minimum Gasteiger partial charge on any atom is -0.442 e. The molecule has 0 aliphatic heterocycles. The predicted molar refractivity (Wildman–Crippen MR) is 88.2 cm³/mol. The summed E-state index contributed by atoms with van der Waals surface area (Å²) < 4.78 is 11.2. The zero-order valence-corrected chi connectivity index (χ0v) is 15.0. The molecule has 1 rings (SSSR count). The fourth-order valence-electron chi connectivity index (χ4n) is 2.34. The lowest BCUT2D eigenvalue weighted by atomic mass is 9.96. The van der Waals surface area contributed by atoms with Crippen LogP contribution in [0.4, 0.5) is 4.79 Å². The molecular formula is C17H31NO5. The van der Waals surface area contributed by atoms with E-state index < -0.39 is 41.6 Å². The fourth-order valence-corrected chi connectivity index (χ4v) is 2.34. The van der Waals surface area contributed by atoms with E-state index in [9.17, 15) is 15.0 Å². The van der Waals surface area contributed by atoms with Crippen molar-refractivity contribution in [2.24, 2.45) is 0 Å². The molecule has 0 saturated heterocycles. The molecule has 134 valence electrons. The lowest BCUT2D eigenvalue weighted by Gasteiger charge is -2.34.